The van der Waals surface area contributed by atoms with E-state index in [1.807, 2.05) is 6.92 Å². The molecule has 1 aliphatic carbocycles. The van der Waals surface area contributed by atoms with E-state index in [1.165, 1.54) is 6.08 Å². The first-order chi connectivity index (χ1) is 5.41. The van der Waals surface area contributed by atoms with Gasteiger partial charge in [0.25, 0.3) is 0 Å². The minimum atomic E-state index is -4.12. The van der Waals surface area contributed by atoms with Gasteiger partial charge in [0.15, 0.2) is 0 Å². The molecule has 0 aliphatic heterocycles. The Morgan fingerprint density at radius 2 is 1.83 bits per heavy atom. The summed E-state index contributed by atoms with van der Waals surface area (Å²) in [7, 11) is 0. The molecule has 0 N–H and O–H groups in total. The first-order valence-corrected chi connectivity index (χ1v) is 4.20. The van der Waals surface area contributed by atoms with Crippen molar-refractivity contribution in [3.8, 4) is 0 Å². The average Bonchev–Trinajstić information content (AvgIpc) is 1.92. The molecule has 0 aromatic rings. The van der Waals surface area contributed by atoms with Gasteiger partial charge in [-0.3, -0.25) is 0 Å². The Labute approximate surface area is 70.5 Å². The molecular formula is C9H13F3. The highest BCUT2D eigenvalue weighted by Gasteiger charge is 2.38. The van der Waals surface area contributed by atoms with E-state index in [-0.39, 0.29) is 17.4 Å². The normalized spacial score (nSPS) is 31.6. The zero-order chi connectivity index (χ0) is 9.35. The van der Waals surface area contributed by atoms with Gasteiger partial charge in [0.05, 0.1) is 0 Å². The zero-order valence-corrected chi connectivity index (χ0v) is 7.28. The van der Waals surface area contributed by atoms with Gasteiger partial charge in [-0.05, 0) is 24.7 Å². The van der Waals surface area contributed by atoms with Gasteiger partial charge in [0, 0.05) is 5.57 Å². The van der Waals surface area contributed by atoms with Crippen molar-refractivity contribution >= 4 is 0 Å². The van der Waals surface area contributed by atoms with Crippen LogP contribution in [0, 0.1) is 11.8 Å². The maximum Gasteiger partial charge on any atom is 0.412 e. The number of allylic oxidation sites excluding steroid dienone is 2. The van der Waals surface area contributed by atoms with Crippen molar-refractivity contribution in [3.63, 3.8) is 0 Å². The monoisotopic (exact) mass is 178 g/mol. The number of rotatable bonds is 0. The number of hydrogen-bond donors (Lipinski definition) is 0. The van der Waals surface area contributed by atoms with E-state index in [1.54, 1.807) is 6.92 Å². The number of halogens is 3. The molecule has 1 aliphatic rings. The molecular weight excluding hydrogens is 165 g/mol. The van der Waals surface area contributed by atoms with Gasteiger partial charge in [-0.15, -0.1) is 0 Å². The highest BCUT2D eigenvalue weighted by Crippen LogP contribution is 2.38. The Morgan fingerprint density at radius 1 is 1.25 bits per heavy atom. The van der Waals surface area contributed by atoms with Crippen molar-refractivity contribution in [2.75, 3.05) is 0 Å². The lowest BCUT2D eigenvalue weighted by Crippen LogP contribution is -2.22. The lowest BCUT2D eigenvalue weighted by molar-refractivity contribution is -0.100. The Balaban J connectivity index is 2.85. The third-order valence-corrected chi connectivity index (χ3v) is 2.38. The SMILES string of the molecule is CC1C=C(C(F)(F)F)C(C)CC1. The molecule has 0 aromatic heterocycles. The van der Waals surface area contributed by atoms with Crippen LogP contribution in [0.2, 0.25) is 0 Å². The van der Waals surface area contributed by atoms with E-state index in [4.69, 9.17) is 0 Å². The predicted molar refractivity (Wildman–Crippen MR) is 41.7 cm³/mol. The van der Waals surface area contributed by atoms with Crippen LogP contribution in [0.1, 0.15) is 26.7 Å². The summed E-state index contributed by atoms with van der Waals surface area (Å²) in [6.07, 6.45) is -1.21. The Hall–Kier alpha value is -0.470. The Morgan fingerprint density at radius 3 is 2.25 bits per heavy atom. The molecule has 0 nitrogen and oxygen atoms in total. The molecule has 70 valence electrons. The zero-order valence-electron chi connectivity index (χ0n) is 7.28. The summed E-state index contributed by atoms with van der Waals surface area (Å²) in [5.41, 5.74) is -0.332. The molecule has 2 unspecified atom stereocenters. The van der Waals surface area contributed by atoms with Crippen LogP contribution in [0.3, 0.4) is 0 Å². The van der Waals surface area contributed by atoms with E-state index >= 15 is 0 Å². The van der Waals surface area contributed by atoms with Crippen LogP contribution in [0.25, 0.3) is 0 Å². The molecule has 0 amide bonds. The maximum atomic E-state index is 12.3. The van der Waals surface area contributed by atoms with Crippen LogP contribution in [0.5, 0.6) is 0 Å². The maximum absolute atomic E-state index is 12.3. The molecule has 3 heteroatoms. The van der Waals surface area contributed by atoms with Crippen LogP contribution >= 0.6 is 0 Å². The van der Waals surface area contributed by atoms with Crippen molar-refractivity contribution in [1.29, 1.82) is 0 Å². The fourth-order valence-corrected chi connectivity index (χ4v) is 1.60. The van der Waals surface area contributed by atoms with Crippen LogP contribution in [0.4, 0.5) is 13.2 Å². The molecule has 0 aromatic carbocycles. The largest absolute Gasteiger partial charge is 0.412 e. The summed E-state index contributed by atoms with van der Waals surface area (Å²) < 4.78 is 36.9. The second kappa shape index (κ2) is 3.11. The first kappa shape index (κ1) is 9.62. The fraction of sp³-hybridized carbons (Fsp3) is 0.778. The smallest absolute Gasteiger partial charge is 0.166 e. The first-order valence-electron chi connectivity index (χ1n) is 4.20. The second-order valence-corrected chi connectivity index (χ2v) is 3.58. The topological polar surface area (TPSA) is 0 Å². The summed E-state index contributed by atoms with van der Waals surface area (Å²) in [4.78, 5) is 0. The molecule has 2 atom stereocenters. The average molecular weight is 178 g/mol. The standard InChI is InChI=1S/C9H13F3/c1-6-3-4-7(2)8(5-6)9(10,11)12/h5-7H,3-4H2,1-2H3. The lowest BCUT2D eigenvalue weighted by atomic mass is 9.84. The Bertz CT molecular complexity index is 190. The van der Waals surface area contributed by atoms with E-state index in [9.17, 15) is 13.2 Å². The van der Waals surface area contributed by atoms with E-state index < -0.39 is 6.18 Å². The Kier molecular flexibility index (Phi) is 2.49. The highest BCUT2D eigenvalue weighted by molar-refractivity contribution is 5.16. The quantitative estimate of drug-likeness (QED) is 0.498. The summed E-state index contributed by atoms with van der Waals surface area (Å²) in [6, 6.07) is 0. The van der Waals surface area contributed by atoms with Crippen molar-refractivity contribution in [3.05, 3.63) is 11.6 Å². The van der Waals surface area contributed by atoms with Crippen LogP contribution in [-0.2, 0) is 0 Å². The van der Waals surface area contributed by atoms with E-state index in [0.717, 1.165) is 6.42 Å². The number of alkyl halides is 3. The molecule has 0 fully saturated rings. The summed E-state index contributed by atoms with van der Waals surface area (Å²) in [6.45, 7) is 3.48. The molecule has 0 saturated carbocycles. The molecule has 0 spiro atoms. The van der Waals surface area contributed by atoms with Crippen molar-refractivity contribution < 1.29 is 13.2 Å². The minimum Gasteiger partial charge on any atom is -0.166 e. The number of hydrogen-bond acceptors (Lipinski definition) is 0. The summed E-state index contributed by atoms with van der Waals surface area (Å²) in [5.74, 6) is -0.237. The van der Waals surface area contributed by atoms with Gasteiger partial charge in [-0.25, -0.2) is 0 Å². The van der Waals surface area contributed by atoms with E-state index in [0.29, 0.717) is 6.42 Å². The van der Waals surface area contributed by atoms with Gasteiger partial charge in [0.1, 0.15) is 0 Å². The summed E-state index contributed by atoms with van der Waals surface area (Å²) >= 11 is 0. The minimum absolute atomic E-state index is 0.0813. The van der Waals surface area contributed by atoms with E-state index in [2.05, 4.69) is 0 Å². The molecule has 0 saturated heterocycles. The molecule has 0 heterocycles. The highest BCUT2D eigenvalue weighted by atomic mass is 19.4. The fourth-order valence-electron chi connectivity index (χ4n) is 1.60. The predicted octanol–water partition coefficient (Wildman–Crippen LogP) is 3.54. The molecule has 0 radical (unpaired) electrons. The summed E-state index contributed by atoms with van der Waals surface area (Å²) in [5, 5.41) is 0. The van der Waals surface area contributed by atoms with Crippen molar-refractivity contribution in [1.82, 2.24) is 0 Å². The van der Waals surface area contributed by atoms with Gasteiger partial charge < -0.3 is 0 Å². The van der Waals surface area contributed by atoms with Crippen molar-refractivity contribution in [2.24, 2.45) is 11.8 Å². The van der Waals surface area contributed by atoms with Crippen molar-refractivity contribution in [2.45, 2.75) is 32.9 Å². The van der Waals surface area contributed by atoms with Crippen LogP contribution < -0.4 is 0 Å². The molecule has 12 heavy (non-hydrogen) atoms. The van der Waals surface area contributed by atoms with Crippen LogP contribution in [0.15, 0.2) is 11.6 Å². The molecule has 0 bridgehead atoms. The third kappa shape index (κ3) is 2.02. The van der Waals surface area contributed by atoms with Gasteiger partial charge in [-0.1, -0.05) is 19.9 Å². The van der Waals surface area contributed by atoms with Gasteiger partial charge in [-0.2, -0.15) is 13.2 Å². The lowest BCUT2D eigenvalue weighted by Gasteiger charge is -2.25. The second-order valence-electron chi connectivity index (χ2n) is 3.58. The third-order valence-electron chi connectivity index (χ3n) is 2.38. The van der Waals surface area contributed by atoms with Gasteiger partial charge >= 0.3 is 6.18 Å². The molecule has 1 rings (SSSR count). The van der Waals surface area contributed by atoms with Gasteiger partial charge in [0.2, 0.25) is 0 Å². The van der Waals surface area contributed by atoms with Crippen LogP contribution in [-0.4, -0.2) is 6.18 Å².